The number of pyridine rings is 1. The second-order valence-corrected chi connectivity index (χ2v) is 2.96. The third-order valence-corrected chi connectivity index (χ3v) is 1.86. The highest BCUT2D eigenvalue weighted by Crippen LogP contribution is 2.11. The molecule has 1 heterocycles. The molecule has 0 amide bonds. The lowest BCUT2D eigenvalue weighted by molar-refractivity contribution is 0.179. The lowest BCUT2D eigenvalue weighted by Gasteiger charge is -2.06. The van der Waals surface area contributed by atoms with Gasteiger partial charge in [0, 0.05) is 26.0 Å². The molecule has 0 saturated heterocycles. The number of aromatic nitrogens is 1. The molecule has 0 N–H and O–H groups in total. The Hall–Kier alpha value is -1.19. The van der Waals surface area contributed by atoms with E-state index in [0.29, 0.717) is 13.2 Å². The third-order valence-electron chi connectivity index (χ3n) is 1.86. The average molecular weight is 193 g/mol. The highest BCUT2D eigenvalue weighted by Gasteiger charge is 2.02. The fourth-order valence-electron chi connectivity index (χ4n) is 1.27. The van der Waals surface area contributed by atoms with Crippen molar-refractivity contribution in [3.63, 3.8) is 0 Å². The molecule has 0 aliphatic carbocycles. The molecule has 1 aromatic heterocycles. The van der Waals surface area contributed by atoms with E-state index in [2.05, 4.69) is 11.6 Å². The van der Waals surface area contributed by atoms with Gasteiger partial charge >= 0.3 is 0 Å². The van der Waals surface area contributed by atoms with Crippen LogP contribution in [0.3, 0.4) is 0 Å². The fourth-order valence-corrected chi connectivity index (χ4v) is 1.27. The predicted octanol–water partition coefficient (Wildman–Crippen LogP) is 2.02. The number of hydrogen-bond donors (Lipinski definition) is 0. The minimum absolute atomic E-state index is 0.548. The minimum atomic E-state index is 0.548. The summed E-state index contributed by atoms with van der Waals surface area (Å²) in [6.07, 6.45) is 3.52. The minimum Gasteiger partial charge on any atom is -0.380 e. The first kappa shape index (κ1) is 10.9. The van der Waals surface area contributed by atoms with Crippen LogP contribution in [0.4, 0.5) is 0 Å². The van der Waals surface area contributed by atoms with Crippen LogP contribution >= 0.6 is 0 Å². The Bertz CT molecular complexity index is 310. The Morgan fingerprint density at radius 3 is 2.64 bits per heavy atom. The van der Waals surface area contributed by atoms with Crippen LogP contribution < -0.4 is 0 Å². The zero-order chi connectivity index (χ0) is 10.4. The standard InChI is InChI=1S/C11H15NO2/c1-4-11-10(8-14-3)5-9(6-12-11)7-13-2/h4-6H,1,7-8H2,2-3H3. The summed E-state index contributed by atoms with van der Waals surface area (Å²) in [5.74, 6) is 0. The number of hydrogen-bond acceptors (Lipinski definition) is 3. The van der Waals surface area contributed by atoms with Gasteiger partial charge in [0.1, 0.15) is 0 Å². The molecule has 0 fully saturated rings. The van der Waals surface area contributed by atoms with Gasteiger partial charge in [-0.1, -0.05) is 6.58 Å². The van der Waals surface area contributed by atoms with E-state index < -0.39 is 0 Å². The molecule has 3 heteroatoms. The van der Waals surface area contributed by atoms with Crippen molar-refractivity contribution in [2.24, 2.45) is 0 Å². The highest BCUT2D eigenvalue weighted by molar-refractivity contribution is 5.47. The van der Waals surface area contributed by atoms with Gasteiger partial charge in [-0.05, 0) is 17.7 Å². The fraction of sp³-hybridized carbons (Fsp3) is 0.364. The van der Waals surface area contributed by atoms with Gasteiger partial charge in [0.2, 0.25) is 0 Å². The Balaban J connectivity index is 2.94. The van der Waals surface area contributed by atoms with Gasteiger partial charge in [-0.2, -0.15) is 0 Å². The van der Waals surface area contributed by atoms with Gasteiger partial charge in [-0.15, -0.1) is 0 Å². The van der Waals surface area contributed by atoms with Gasteiger partial charge in [0.15, 0.2) is 0 Å². The van der Waals surface area contributed by atoms with Crippen molar-refractivity contribution in [3.8, 4) is 0 Å². The summed E-state index contributed by atoms with van der Waals surface area (Å²) in [5.41, 5.74) is 2.95. The third kappa shape index (κ3) is 2.65. The van der Waals surface area contributed by atoms with E-state index in [0.717, 1.165) is 16.8 Å². The molecule has 0 bridgehead atoms. The molecule has 1 rings (SSSR count). The van der Waals surface area contributed by atoms with Gasteiger partial charge in [-0.25, -0.2) is 0 Å². The maximum absolute atomic E-state index is 5.07. The zero-order valence-electron chi connectivity index (χ0n) is 8.62. The van der Waals surface area contributed by atoms with Crippen LogP contribution in [0.25, 0.3) is 6.08 Å². The second kappa shape index (κ2) is 5.52. The molecule has 3 nitrogen and oxygen atoms in total. The summed E-state index contributed by atoms with van der Waals surface area (Å²) in [7, 11) is 3.33. The summed E-state index contributed by atoms with van der Waals surface area (Å²) in [5, 5.41) is 0. The summed E-state index contributed by atoms with van der Waals surface area (Å²) in [6, 6.07) is 2.02. The normalized spacial score (nSPS) is 10.1. The van der Waals surface area contributed by atoms with Gasteiger partial charge in [0.25, 0.3) is 0 Å². The Morgan fingerprint density at radius 1 is 1.36 bits per heavy atom. The molecule has 0 aromatic carbocycles. The maximum Gasteiger partial charge on any atom is 0.0734 e. The highest BCUT2D eigenvalue weighted by atomic mass is 16.5. The van der Waals surface area contributed by atoms with E-state index in [1.165, 1.54) is 0 Å². The van der Waals surface area contributed by atoms with Crippen LogP contribution in [0.2, 0.25) is 0 Å². The van der Waals surface area contributed by atoms with E-state index in [1.54, 1.807) is 26.5 Å². The van der Waals surface area contributed by atoms with E-state index in [9.17, 15) is 0 Å². The van der Waals surface area contributed by atoms with E-state index in [4.69, 9.17) is 9.47 Å². The smallest absolute Gasteiger partial charge is 0.0734 e. The molecule has 0 radical (unpaired) electrons. The van der Waals surface area contributed by atoms with Crippen LogP contribution in [-0.4, -0.2) is 19.2 Å². The molecule has 76 valence electrons. The first-order valence-corrected chi connectivity index (χ1v) is 4.40. The number of ether oxygens (including phenoxy) is 2. The number of nitrogens with zero attached hydrogens (tertiary/aromatic N) is 1. The van der Waals surface area contributed by atoms with Gasteiger partial charge in [0.05, 0.1) is 18.9 Å². The van der Waals surface area contributed by atoms with Crippen LogP contribution in [-0.2, 0) is 22.7 Å². The molecular formula is C11H15NO2. The Morgan fingerprint density at radius 2 is 2.07 bits per heavy atom. The van der Waals surface area contributed by atoms with Crippen LogP contribution in [0.5, 0.6) is 0 Å². The van der Waals surface area contributed by atoms with Crippen molar-refractivity contribution in [1.29, 1.82) is 0 Å². The van der Waals surface area contributed by atoms with Crippen molar-refractivity contribution < 1.29 is 9.47 Å². The van der Waals surface area contributed by atoms with Crippen molar-refractivity contribution in [2.45, 2.75) is 13.2 Å². The van der Waals surface area contributed by atoms with Gasteiger partial charge < -0.3 is 9.47 Å². The van der Waals surface area contributed by atoms with Crippen LogP contribution in [0.15, 0.2) is 18.8 Å². The number of methoxy groups -OCH3 is 2. The van der Waals surface area contributed by atoms with E-state index in [1.807, 2.05) is 6.07 Å². The lowest BCUT2D eigenvalue weighted by Crippen LogP contribution is -1.98. The molecular weight excluding hydrogens is 178 g/mol. The van der Waals surface area contributed by atoms with Crippen molar-refractivity contribution in [2.75, 3.05) is 14.2 Å². The molecule has 14 heavy (non-hydrogen) atoms. The Kier molecular flexibility index (Phi) is 4.29. The molecule has 0 spiro atoms. The summed E-state index contributed by atoms with van der Waals surface area (Å²) < 4.78 is 10.1. The van der Waals surface area contributed by atoms with Crippen molar-refractivity contribution >= 4 is 6.08 Å². The van der Waals surface area contributed by atoms with Crippen LogP contribution in [0.1, 0.15) is 16.8 Å². The van der Waals surface area contributed by atoms with Crippen molar-refractivity contribution in [1.82, 2.24) is 4.98 Å². The zero-order valence-corrected chi connectivity index (χ0v) is 8.62. The van der Waals surface area contributed by atoms with Gasteiger partial charge in [-0.3, -0.25) is 4.98 Å². The predicted molar refractivity (Wildman–Crippen MR) is 55.8 cm³/mol. The molecule has 1 aromatic rings. The first-order valence-electron chi connectivity index (χ1n) is 4.40. The topological polar surface area (TPSA) is 31.4 Å². The van der Waals surface area contributed by atoms with Crippen molar-refractivity contribution in [3.05, 3.63) is 35.7 Å². The molecule has 0 aliphatic rings. The quantitative estimate of drug-likeness (QED) is 0.717. The maximum atomic E-state index is 5.07. The SMILES string of the molecule is C=Cc1ncc(COC)cc1COC. The molecule has 0 atom stereocenters. The number of rotatable bonds is 5. The summed E-state index contributed by atoms with van der Waals surface area (Å²) in [4.78, 5) is 4.26. The summed E-state index contributed by atoms with van der Waals surface area (Å²) >= 11 is 0. The first-order chi connectivity index (χ1) is 6.81. The summed E-state index contributed by atoms with van der Waals surface area (Å²) in [6.45, 7) is 4.82. The monoisotopic (exact) mass is 193 g/mol. The molecule has 0 unspecified atom stereocenters. The molecule has 0 saturated carbocycles. The molecule has 0 aliphatic heterocycles. The Labute approximate surface area is 84.4 Å². The van der Waals surface area contributed by atoms with Crippen LogP contribution in [0, 0.1) is 0 Å². The van der Waals surface area contributed by atoms with E-state index in [-0.39, 0.29) is 0 Å². The van der Waals surface area contributed by atoms with E-state index >= 15 is 0 Å². The largest absolute Gasteiger partial charge is 0.380 e. The lowest BCUT2D eigenvalue weighted by atomic mass is 10.1. The second-order valence-electron chi connectivity index (χ2n) is 2.96. The average Bonchev–Trinajstić information content (AvgIpc) is 2.19.